The summed E-state index contributed by atoms with van der Waals surface area (Å²) in [5.41, 5.74) is 7.64. The molecule has 0 spiro atoms. The van der Waals surface area contributed by atoms with E-state index >= 15 is 0 Å². The summed E-state index contributed by atoms with van der Waals surface area (Å²) in [6, 6.07) is 5.96. The van der Waals surface area contributed by atoms with Gasteiger partial charge in [-0.25, -0.2) is 0 Å². The summed E-state index contributed by atoms with van der Waals surface area (Å²) in [6.45, 7) is 2.08. The first kappa shape index (κ1) is 12.4. The molecule has 4 nitrogen and oxygen atoms in total. The third kappa shape index (κ3) is 2.45. The maximum Gasteiger partial charge on any atom is 0.228 e. The summed E-state index contributed by atoms with van der Waals surface area (Å²) in [4.78, 5) is 15.8. The fourth-order valence-electron chi connectivity index (χ4n) is 2.07. The lowest BCUT2D eigenvalue weighted by Crippen LogP contribution is -2.30. The van der Waals surface area contributed by atoms with Crippen molar-refractivity contribution in [2.45, 2.75) is 6.42 Å². The molecule has 5 heteroatoms. The van der Waals surface area contributed by atoms with Crippen LogP contribution >= 0.6 is 15.9 Å². The van der Waals surface area contributed by atoms with Gasteiger partial charge in [0.25, 0.3) is 0 Å². The number of rotatable bonds is 2. The van der Waals surface area contributed by atoms with Crippen molar-refractivity contribution in [3.05, 3.63) is 22.7 Å². The molecule has 0 unspecified atom stereocenters. The van der Waals surface area contributed by atoms with Crippen LogP contribution in [0.1, 0.15) is 6.42 Å². The highest BCUT2D eigenvalue weighted by molar-refractivity contribution is 9.10. The highest BCUT2D eigenvalue weighted by Crippen LogP contribution is 2.34. The number of amides is 1. The lowest BCUT2D eigenvalue weighted by atomic mass is 10.2. The molecule has 2 rings (SSSR count). The van der Waals surface area contributed by atoms with Crippen molar-refractivity contribution in [1.82, 2.24) is 0 Å². The molecule has 0 aliphatic carbocycles. The first-order valence-corrected chi connectivity index (χ1v) is 6.44. The molecule has 0 fully saturated rings. The molecule has 1 aliphatic heterocycles. The number of carbonyl (C=O) groups is 1. The second-order valence-electron chi connectivity index (χ2n) is 4.11. The summed E-state index contributed by atoms with van der Waals surface area (Å²) in [6.07, 6.45) is 0.531. The summed E-state index contributed by atoms with van der Waals surface area (Å²) in [5.74, 6) is 0.146. The van der Waals surface area contributed by atoms with Gasteiger partial charge in [-0.05, 0) is 18.2 Å². The van der Waals surface area contributed by atoms with Crippen LogP contribution in [0.25, 0.3) is 0 Å². The van der Waals surface area contributed by atoms with Gasteiger partial charge in [0.05, 0.1) is 11.4 Å². The largest absolute Gasteiger partial charge is 0.368 e. The average molecular weight is 298 g/mol. The number of hydrogen-bond acceptors (Lipinski definition) is 3. The first-order chi connectivity index (χ1) is 8.13. The Morgan fingerprint density at radius 1 is 1.41 bits per heavy atom. The molecule has 1 aromatic rings. The first-order valence-electron chi connectivity index (χ1n) is 5.64. The molecule has 0 atom stereocenters. The zero-order valence-electron chi connectivity index (χ0n) is 9.82. The van der Waals surface area contributed by atoms with Gasteiger partial charge in [-0.3, -0.25) is 4.79 Å². The van der Waals surface area contributed by atoms with Crippen molar-refractivity contribution < 1.29 is 4.79 Å². The molecular formula is C12H16BrN3O. The van der Waals surface area contributed by atoms with Crippen LogP contribution in [0.15, 0.2) is 22.7 Å². The molecule has 92 valence electrons. The van der Waals surface area contributed by atoms with Gasteiger partial charge in [0.1, 0.15) is 0 Å². The van der Waals surface area contributed by atoms with Crippen LogP contribution in [0.4, 0.5) is 11.4 Å². The van der Waals surface area contributed by atoms with E-state index in [-0.39, 0.29) is 5.91 Å². The summed E-state index contributed by atoms with van der Waals surface area (Å²) >= 11 is 3.47. The van der Waals surface area contributed by atoms with Crippen molar-refractivity contribution in [1.29, 1.82) is 0 Å². The monoisotopic (exact) mass is 297 g/mol. The Kier molecular flexibility index (Phi) is 3.69. The fraction of sp³-hybridized carbons (Fsp3) is 0.417. The SMILES string of the molecule is CN1C(=O)CCN(CCN)c2cc(Br)ccc21. The number of anilines is 2. The molecule has 0 aromatic heterocycles. The Morgan fingerprint density at radius 3 is 2.88 bits per heavy atom. The van der Waals surface area contributed by atoms with Gasteiger partial charge < -0.3 is 15.5 Å². The third-order valence-electron chi connectivity index (χ3n) is 3.01. The minimum absolute atomic E-state index is 0.146. The van der Waals surface area contributed by atoms with Gasteiger partial charge in [-0.15, -0.1) is 0 Å². The number of hydrogen-bond donors (Lipinski definition) is 1. The predicted octanol–water partition coefficient (Wildman–Crippen LogP) is 1.58. The van der Waals surface area contributed by atoms with Crippen molar-refractivity contribution in [2.24, 2.45) is 5.73 Å². The van der Waals surface area contributed by atoms with Crippen molar-refractivity contribution in [3.8, 4) is 0 Å². The van der Waals surface area contributed by atoms with E-state index in [1.54, 1.807) is 4.90 Å². The number of nitrogens with zero attached hydrogens (tertiary/aromatic N) is 2. The molecule has 17 heavy (non-hydrogen) atoms. The zero-order chi connectivity index (χ0) is 12.4. The summed E-state index contributed by atoms with van der Waals surface area (Å²) < 4.78 is 1.01. The van der Waals surface area contributed by atoms with E-state index in [1.807, 2.05) is 25.2 Å². The summed E-state index contributed by atoms with van der Waals surface area (Å²) in [7, 11) is 1.82. The van der Waals surface area contributed by atoms with Crippen molar-refractivity contribution in [3.63, 3.8) is 0 Å². The molecule has 0 bridgehead atoms. The highest BCUT2D eigenvalue weighted by atomic mass is 79.9. The molecule has 1 aromatic carbocycles. The normalized spacial score (nSPS) is 15.8. The van der Waals surface area contributed by atoms with Crippen LogP contribution in [0.3, 0.4) is 0 Å². The molecule has 0 saturated carbocycles. The number of halogens is 1. The molecular weight excluding hydrogens is 282 g/mol. The van der Waals surface area contributed by atoms with Crippen LogP contribution in [-0.4, -0.2) is 32.6 Å². The smallest absolute Gasteiger partial charge is 0.228 e. The van der Waals surface area contributed by atoms with E-state index < -0.39 is 0 Å². The minimum atomic E-state index is 0.146. The fourth-order valence-corrected chi connectivity index (χ4v) is 2.42. The van der Waals surface area contributed by atoms with Gasteiger partial charge >= 0.3 is 0 Å². The molecule has 1 aliphatic rings. The molecule has 1 heterocycles. The van der Waals surface area contributed by atoms with Gasteiger partial charge in [0, 0.05) is 37.6 Å². The van der Waals surface area contributed by atoms with Crippen LogP contribution in [0.2, 0.25) is 0 Å². The quantitative estimate of drug-likeness (QED) is 0.902. The number of carbonyl (C=O) groups excluding carboxylic acids is 1. The second-order valence-corrected chi connectivity index (χ2v) is 5.03. The highest BCUT2D eigenvalue weighted by Gasteiger charge is 2.23. The van der Waals surface area contributed by atoms with Crippen LogP contribution in [-0.2, 0) is 4.79 Å². The Bertz CT molecular complexity index is 436. The lowest BCUT2D eigenvalue weighted by molar-refractivity contribution is -0.118. The van der Waals surface area contributed by atoms with Gasteiger partial charge in [-0.1, -0.05) is 15.9 Å². The predicted molar refractivity (Wildman–Crippen MR) is 73.4 cm³/mol. The Labute approximate surface area is 110 Å². The van der Waals surface area contributed by atoms with Crippen LogP contribution in [0.5, 0.6) is 0 Å². The lowest BCUT2D eigenvalue weighted by Gasteiger charge is -2.25. The Balaban J connectivity index is 2.47. The van der Waals surface area contributed by atoms with E-state index in [2.05, 4.69) is 20.8 Å². The molecule has 1 amide bonds. The van der Waals surface area contributed by atoms with Crippen LogP contribution in [0, 0.1) is 0 Å². The van der Waals surface area contributed by atoms with Crippen LogP contribution < -0.4 is 15.5 Å². The third-order valence-corrected chi connectivity index (χ3v) is 3.50. The summed E-state index contributed by atoms with van der Waals surface area (Å²) in [5, 5.41) is 0. The number of benzene rings is 1. The van der Waals surface area contributed by atoms with Gasteiger partial charge in [0.2, 0.25) is 5.91 Å². The van der Waals surface area contributed by atoms with Gasteiger partial charge in [-0.2, -0.15) is 0 Å². The molecule has 0 saturated heterocycles. The van der Waals surface area contributed by atoms with Crippen molar-refractivity contribution >= 4 is 33.2 Å². The number of fused-ring (bicyclic) bond motifs is 1. The maximum atomic E-state index is 11.9. The van der Waals surface area contributed by atoms with E-state index in [4.69, 9.17) is 5.73 Å². The van der Waals surface area contributed by atoms with E-state index in [0.29, 0.717) is 13.0 Å². The standard InChI is InChI=1S/C12H16BrN3O/c1-15-10-3-2-9(13)8-11(10)16(7-5-14)6-4-12(15)17/h2-3,8H,4-7,14H2,1H3. The Morgan fingerprint density at radius 2 is 2.18 bits per heavy atom. The van der Waals surface area contributed by atoms with E-state index in [1.165, 1.54) is 0 Å². The Hall–Kier alpha value is -1.07. The topological polar surface area (TPSA) is 49.6 Å². The average Bonchev–Trinajstić information content (AvgIpc) is 2.42. The van der Waals surface area contributed by atoms with Crippen molar-refractivity contribution in [2.75, 3.05) is 36.5 Å². The molecule has 0 radical (unpaired) electrons. The van der Waals surface area contributed by atoms with E-state index in [0.717, 1.165) is 28.9 Å². The second kappa shape index (κ2) is 5.06. The number of nitrogens with two attached hydrogens (primary N) is 1. The maximum absolute atomic E-state index is 11.9. The minimum Gasteiger partial charge on any atom is -0.368 e. The van der Waals surface area contributed by atoms with E-state index in [9.17, 15) is 4.79 Å². The molecule has 2 N–H and O–H groups in total. The van der Waals surface area contributed by atoms with Gasteiger partial charge in [0.15, 0.2) is 0 Å². The zero-order valence-corrected chi connectivity index (χ0v) is 11.4.